The lowest BCUT2D eigenvalue weighted by Crippen LogP contribution is -2.24. The summed E-state index contributed by atoms with van der Waals surface area (Å²) in [5.41, 5.74) is 3.00. The number of hydrogen-bond acceptors (Lipinski definition) is 3. The lowest BCUT2D eigenvalue weighted by molar-refractivity contribution is -0.116. The Morgan fingerprint density at radius 2 is 1.52 bits per heavy atom. The van der Waals surface area contributed by atoms with Crippen LogP contribution in [0.5, 0.6) is 5.75 Å². The second-order valence-electron chi connectivity index (χ2n) is 7.18. The number of amides is 1. The normalized spacial score (nSPS) is 12.2. The van der Waals surface area contributed by atoms with E-state index in [1.54, 1.807) is 11.9 Å². The average Bonchev–Trinajstić information content (AvgIpc) is 3.06. The van der Waals surface area contributed by atoms with Crippen molar-refractivity contribution in [1.29, 1.82) is 0 Å². The van der Waals surface area contributed by atoms with Crippen LogP contribution < -0.4 is 9.64 Å². The molecule has 4 rings (SSSR count). The number of nitrogens with zero attached hydrogens (tertiary/aromatic N) is 2. The van der Waals surface area contributed by atoms with Crippen LogP contribution in [0.2, 0.25) is 0 Å². The van der Waals surface area contributed by atoms with E-state index in [-0.39, 0.29) is 12.5 Å². The first-order valence-corrected chi connectivity index (χ1v) is 9.66. The molecule has 0 unspecified atom stereocenters. The quantitative estimate of drug-likeness (QED) is 0.538. The number of rotatable bonds is 6. The second-order valence-corrected chi connectivity index (χ2v) is 7.18. The maximum atomic E-state index is 11.4. The van der Waals surface area contributed by atoms with Crippen molar-refractivity contribution in [3.63, 3.8) is 0 Å². The fourth-order valence-electron chi connectivity index (χ4n) is 3.60. The van der Waals surface area contributed by atoms with E-state index < -0.39 is 6.10 Å². The van der Waals surface area contributed by atoms with Crippen LogP contribution in [0.1, 0.15) is 6.92 Å². The molecule has 1 amide bonds. The van der Waals surface area contributed by atoms with Crippen molar-refractivity contribution in [3.8, 4) is 5.75 Å². The number of carbonyl (C=O) groups is 1. The Morgan fingerprint density at radius 3 is 2.07 bits per heavy atom. The highest BCUT2D eigenvalue weighted by Gasteiger charge is 2.14. The Morgan fingerprint density at radius 1 is 0.966 bits per heavy atom. The lowest BCUT2D eigenvalue weighted by atomic mass is 10.2. The molecule has 0 radical (unpaired) electrons. The SMILES string of the molecule is CC(=O)N(C)c1ccc(OC[C@H](O)Cn2c3ccccc3c3ccccc32)cc1. The van der Waals surface area contributed by atoms with Crippen molar-refractivity contribution < 1.29 is 14.6 Å². The van der Waals surface area contributed by atoms with Gasteiger partial charge in [-0.3, -0.25) is 4.79 Å². The number of aliphatic hydroxyl groups excluding tert-OH is 1. The molecule has 4 aromatic rings. The molecule has 5 heteroatoms. The van der Waals surface area contributed by atoms with Crippen molar-refractivity contribution in [1.82, 2.24) is 4.57 Å². The number of ether oxygens (including phenoxy) is 1. The van der Waals surface area contributed by atoms with Crippen LogP contribution in [0.15, 0.2) is 72.8 Å². The van der Waals surface area contributed by atoms with E-state index in [0.717, 1.165) is 16.7 Å². The fourth-order valence-corrected chi connectivity index (χ4v) is 3.60. The van der Waals surface area contributed by atoms with Gasteiger partial charge in [0, 0.05) is 41.5 Å². The number of aliphatic hydroxyl groups is 1. The molecule has 0 aliphatic rings. The maximum absolute atomic E-state index is 11.4. The van der Waals surface area contributed by atoms with E-state index in [0.29, 0.717) is 12.3 Å². The highest BCUT2D eigenvalue weighted by Crippen LogP contribution is 2.29. The third-order valence-corrected chi connectivity index (χ3v) is 5.21. The van der Waals surface area contributed by atoms with Crippen LogP contribution in [0.4, 0.5) is 5.69 Å². The van der Waals surface area contributed by atoms with Gasteiger partial charge in [-0.2, -0.15) is 0 Å². The van der Waals surface area contributed by atoms with E-state index in [9.17, 15) is 9.90 Å². The van der Waals surface area contributed by atoms with Gasteiger partial charge in [0.05, 0.1) is 6.54 Å². The van der Waals surface area contributed by atoms with Gasteiger partial charge in [0.1, 0.15) is 18.5 Å². The van der Waals surface area contributed by atoms with Gasteiger partial charge in [-0.1, -0.05) is 36.4 Å². The molecule has 1 heterocycles. The number of benzene rings is 3. The Labute approximate surface area is 169 Å². The Kier molecular flexibility index (Phi) is 5.23. The minimum Gasteiger partial charge on any atom is -0.491 e. The van der Waals surface area contributed by atoms with Crippen LogP contribution in [0.25, 0.3) is 21.8 Å². The molecule has 0 fully saturated rings. The van der Waals surface area contributed by atoms with Crippen molar-refractivity contribution in [2.75, 3.05) is 18.6 Å². The summed E-state index contributed by atoms with van der Waals surface area (Å²) >= 11 is 0. The molecule has 29 heavy (non-hydrogen) atoms. The molecule has 0 saturated carbocycles. The highest BCUT2D eigenvalue weighted by molar-refractivity contribution is 6.07. The first-order chi connectivity index (χ1) is 14.0. The van der Waals surface area contributed by atoms with Gasteiger partial charge < -0.3 is 19.3 Å². The molecule has 1 aromatic heterocycles. The molecule has 148 valence electrons. The summed E-state index contributed by atoms with van der Waals surface area (Å²) in [4.78, 5) is 13.0. The standard InChI is InChI=1S/C24H24N2O3/c1-17(27)25(2)18-11-13-20(14-12-18)29-16-19(28)15-26-23-9-5-3-7-21(23)22-8-4-6-10-24(22)26/h3-14,19,28H,15-16H2,1-2H3/t19-/m1/s1. The van der Waals surface area contributed by atoms with Gasteiger partial charge in [-0.05, 0) is 36.4 Å². The number of carbonyl (C=O) groups excluding carboxylic acids is 1. The first kappa shape index (κ1) is 19.0. The topological polar surface area (TPSA) is 54.7 Å². The zero-order chi connectivity index (χ0) is 20.4. The first-order valence-electron chi connectivity index (χ1n) is 9.66. The third-order valence-electron chi connectivity index (χ3n) is 5.21. The smallest absolute Gasteiger partial charge is 0.223 e. The molecule has 3 aromatic carbocycles. The van der Waals surface area contributed by atoms with E-state index in [1.165, 1.54) is 17.7 Å². The molecule has 0 aliphatic heterocycles. The van der Waals surface area contributed by atoms with E-state index in [4.69, 9.17) is 4.74 Å². The van der Waals surface area contributed by atoms with Crippen molar-refractivity contribution in [2.45, 2.75) is 19.6 Å². The second kappa shape index (κ2) is 7.97. The van der Waals surface area contributed by atoms with Gasteiger partial charge in [0.2, 0.25) is 5.91 Å². The van der Waals surface area contributed by atoms with Crippen LogP contribution in [0.3, 0.4) is 0 Å². The summed E-state index contributed by atoms with van der Waals surface area (Å²) in [6.07, 6.45) is -0.659. The fraction of sp³-hybridized carbons (Fsp3) is 0.208. The minimum absolute atomic E-state index is 0.0275. The zero-order valence-electron chi connectivity index (χ0n) is 16.6. The van der Waals surface area contributed by atoms with Gasteiger partial charge in [0.25, 0.3) is 0 Å². The van der Waals surface area contributed by atoms with Crippen LogP contribution in [0, 0.1) is 0 Å². The number of aromatic nitrogens is 1. The van der Waals surface area contributed by atoms with Crippen LogP contribution in [-0.2, 0) is 11.3 Å². The molecule has 0 bridgehead atoms. The Hall–Kier alpha value is -3.31. The molecule has 1 atom stereocenters. The minimum atomic E-state index is -0.659. The number of hydrogen-bond donors (Lipinski definition) is 1. The monoisotopic (exact) mass is 388 g/mol. The van der Waals surface area contributed by atoms with E-state index >= 15 is 0 Å². The van der Waals surface area contributed by atoms with Crippen LogP contribution in [-0.4, -0.2) is 35.3 Å². The molecule has 5 nitrogen and oxygen atoms in total. The van der Waals surface area contributed by atoms with Gasteiger partial charge >= 0.3 is 0 Å². The van der Waals surface area contributed by atoms with Gasteiger partial charge in [-0.25, -0.2) is 0 Å². The zero-order valence-corrected chi connectivity index (χ0v) is 16.6. The summed E-state index contributed by atoms with van der Waals surface area (Å²) in [5.74, 6) is 0.632. The summed E-state index contributed by atoms with van der Waals surface area (Å²) in [7, 11) is 1.73. The lowest BCUT2D eigenvalue weighted by Gasteiger charge is -2.17. The van der Waals surface area contributed by atoms with E-state index in [1.807, 2.05) is 48.5 Å². The summed E-state index contributed by atoms with van der Waals surface area (Å²) in [6.45, 7) is 2.15. The number of anilines is 1. The van der Waals surface area contributed by atoms with E-state index in [2.05, 4.69) is 28.8 Å². The molecule has 1 N–H and O–H groups in total. The summed E-state index contributed by atoms with van der Waals surface area (Å²) < 4.78 is 7.91. The van der Waals surface area contributed by atoms with Crippen molar-refractivity contribution in [3.05, 3.63) is 72.8 Å². The number of fused-ring (bicyclic) bond motifs is 3. The predicted molar refractivity (Wildman–Crippen MR) is 116 cm³/mol. The Balaban J connectivity index is 1.48. The number of para-hydroxylation sites is 2. The van der Waals surface area contributed by atoms with Gasteiger partial charge in [-0.15, -0.1) is 0 Å². The molecular weight excluding hydrogens is 364 g/mol. The molecule has 0 saturated heterocycles. The third kappa shape index (κ3) is 3.82. The largest absolute Gasteiger partial charge is 0.491 e. The van der Waals surface area contributed by atoms with Crippen molar-refractivity contribution in [2.24, 2.45) is 0 Å². The summed E-state index contributed by atoms with van der Waals surface area (Å²) in [6, 6.07) is 23.7. The van der Waals surface area contributed by atoms with Crippen LogP contribution >= 0.6 is 0 Å². The highest BCUT2D eigenvalue weighted by atomic mass is 16.5. The molecule has 0 spiro atoms. The Bertz CT molecular complexity index is 1090. The maximum Gasteiger partial charge on any atom is 0.223 e. The predicted octanol–water partition coefficient (Wildman–Crippen LogP) is 4.22. The molecule has 0 aliphatic carbocycles. The van der Waals surface area contributed by atoms with Crippen molar-refractivity contribution >= 4 is 33.4 Å². The summed E-state index contributed by atoms with van der Waals surface area (Å²) in [5, 5.41) is 13.0. The van der Waals surface area contributed by atoms with Gasteiger partial charge in [0.15, 0.2) is 0 Å². The molecular formula is C24H24N2O3. The average molecular weight is 388 g/mol.